The highest BCUT2D eigenvalue weighted by molar-refractivity contribution is 5.26. The summed E-state index contributed by atoms with van der Waals surface area (Å²) >= 11 is 0. The van der Waals surface area contributed by atoms with E-state index in [9.17, 15) is 0 Å². The number of rotatable bonds is 11. The number of hydrogen-bond donors (Lipinski definition) is 1. The van der Waals surface area contributed by atoms with E-state index >= 15 is 0 Å². The number of hydrogen-bond acceptors (Lipinski definition) is 3. The summed E-state index contributed by atoms with van der Waals surface area (Å²) in [6, 6.07) is 8.54. The van der Waals surface area contributed by atoms with Gasteiger partial charge in [-0.2, -0.15) is 0 Å². The molecule has 0 aliphatic carbocycles. The number of ether oxygens (including phenoxy) is 2. The molecule has 1 aromatic carbocycles. The van der Waals surface area contributed by atoms with Gasteiger partial charge in [-0.05, 0) is 50.4 Å². The maximum absolute atomic E-state index is 5.87. The standard InChI is InChI=1S/C18H31NO2/c1-5-20-13-16(4)21-14-18-9-7-6-8-17(18)10-11-19-12-15(2)3/h6-9,15-16,19H,5,10-14H2,1-4H3. The SMILES string of the molecule is CCOCC(C)OCc1ccccc1CCNCC(C)C. The molecular weight excluding hydrogens is 262 g/mol. The van der Waals surface area contributed by atoms with Crippen LogP contribution in [0.15, 0.2) is 24.3 Å². The van der Waals surface area contributed by atoms with Gasteiger partial charge in [0.25, 0.3) is 0 Å². The van der Waals surface area contributed by atoms with Crippen LogP contribution in [0.2, 0.25) is 0 Å². The quantitative estimate of drug-likeness (QED) is 0.634. The summed E-state index contributed by atoms with van der Waals surface area (Å²) in [7, 11) is 0. The summed E-state index contributed by atoms with van der Waals surface area (Å²) in [5.74, 6) is 0.697. The smallest absolute Gasteiger partial charge is 0.0785 e. The lowest BCUT2D eigenvalue weighted by atomic mass is 10.1. The van der Waals surface area contributed by atoms with Gasteiger partial charge in [0.15, 0.2) is 0 Å². The molecule has 120 valence electrons. The van der Waals surface area contributed by atoms with E-state index in [0.29, 0.717) is 19.1 Å². The van der Waals surface area contributed by atoms with E-state index in [1.807, 2.05) is 6.92 Å². The van der Waals surface area contributed by atoms with Gasteiger partial charge in [-0.1, -0.05) is 38.1 Å². The van der Waals surface area contributed by atoms with Crippen LogP contribution < -0.4 is 5.32 Å². The molecule has 0 spiro atoms. The second-order valence-electron chi connectivity index (χ2n) is 5.90. The largest absolute Gasteiger partial charge is 0.379 e. The minimum absolute atomic E-state index is 0.136. The topological polar surface area (TPSA) is 30.5 Å². The van der Waals surface area contributed by atoms with Gasteiger partial charge in [0.05, 0.1) is 19.3 Å². The molecule has 0 aliphatic rings. The van der Waals surface area contributed by atoms with Crippen LogP contribution in [0.5, 0.6) is 0 Å². The molecule has 0 saturated heterocycles. The van der Waals surface area contributed by atoms with E-state index in [1.165, 1.54) is 11.1 Å². The third kappa shape index (κ3) is 8.20. The van der Waals surface area contributed by atoms with E-state index in [-0.39, 0.29) is 6.10 Å². The summed E-state index contributed by atoms with van der Waals surface area (Å²) in [5, 5.41) is 3.49. The molecule has 0 amide bonds. The Kier molecular flexibility index (Phi) is 9.31. The van der Waals surface area contributed by atoms with Gasteiger partial charge in [0, 0.05) is 6.61 Å². The van der Waals surface area contributed by atoms with Crippen LogP contribution in [0.3, 0.4) is 0 Å². The third-order valence-corrected chi connectivity index (χ3v) is 3.32. The monoisotopic (exact) mass is 293 g/mol. The molecule has 0 aliphatic heterocycles. The minimum atomic E-state index is 0.136. The van der Waals surface area contributed by atoms with E-state index in [4.69, 9.17) is 9.47 Å². The molecule has 1 rings (SSSR count). The summed E-state index contributed by atoms with van der Waals surface area (Å²) in [6.07, 6.45) is 1.18. The van der Waals surface area contributed by atoms with Crippen molar-refractivity contribution in [3.8, 4) is 0 Å². The summed E-state index contributed by atoms with van der Waals surface area (Å²) in [6.45, 7) is 12.7. The van der Waals surface area contributed by atoms with Crippen molar-refractivity contribution in [1.29, 1.82) is 0 Å². The summed E-state index contributed by atoms with van der Waals surface area (Å²) in [4.78, 5) is 0. The van der Waals surface area contributed by atoms with Crippen molar-refractivity contribution in [1.82, 2.24) is 5.32 Å². The van der Waals surface area contributed by atoms with Gasteiger partial charge in [-0.3, -0.25) is 0 Å². The molecule has 1 unspecified atom stereocenters. The average Bonchev–Trinajstić information content (AvgIpc) is 2.48. The summed E-state index contributed by atoms with van der Waals surface area (Å²) in [5.41, 5.74) is 2.66. The molecule has 0 radical (unpaired) electrons. The van der Waals surface area contributed by atoms with Crippen LogP contribution >= 0.6 is 0 Å². The van der Waals surface area contributed by atoms with E-state index in [0.717, 1.165) is 26.1 Å². The zero-order valence-electron chi connectivity index (χ0n) is 14.0. The molecule has 3 heteroatoms. The van der Waals surface area contributed by atoms with Crippen LogP contribution in [0.1, 0.15) is 38.8 Å². The molecule has 21 heavy (non-hydrogen) atoms. The molecule has 0 aromatic heterocycles. The van der Waals surface area contributed by atoms with Crippen molar-refractivity contribution in [2.75, 3.05) is 26.3 Å². The first kappa shape index (κ1) is 18.1. The highest BCUT2D eigenvalue weighted by atomic mass is 16.5. The average molecular weight is 293 g/mol. The van der Waals surface area contributed by atoms with Gasteiger partial charge < -0.3 is 14.8 Å². The van der Waals surface area contributed by atoms with Crippen LogP contribution in [0.4, 0.5) is 0 Å². The van der Waals surface area contributed by atoms with Gasteiger partial charge in [-0.25, -0.2) is 0 Å². The van der Waals surface area contributed by atoms with E-state index in [1.54, 1.807) is 0 Å². The first-order valence-electron chi connectivity index (χ1n) is 8.10. The lowest BCUT2D eigenvalue weighted by Gasteiger charge is -2.15. The van der Waals surface area contributed by atoms with Crippen molar-refractivity contribution in [2.24, 2.45) is 5.92 Å². The summed E-state index contributed by atoms with van der Waals surface area (Å²) < 4.78 is 11.3. The van der Waals surface area contributed by atoms with E-state index < -0.39 is 0 Å². The van der Waals surface area contributed by atoms with Crippen LogP contribution in [0, 0.1) is 5.92 Å². The Balaban J connectivity index is 2.39. The van der Waals surface area contributed by atoms with Crippen LogP contribution in [-0.2, 0) is 22.5 Å². The van der Waals surface area contributed by atoms with Crippen molar-refractivity contribution in [3.05, 3.63) is 35.4 Å². The normalized spacial score (nSPS) is 12.8. The fourth-order valence-electron chi connectivity index (χ4n) is 2.12. The Bertz CT molecular complexity index is 379. The number of nitrogens with one attached hydrogen (secondary N) is 1. The molecule has 0 heterocycles. The highest BCUT2D eigenvalue weighted by Gasteiger charge is 2.06. The predicted molar refractivity (Wildman–Crippen MR) is 88.6 cm³/mol. The molecule has 0 saturated carbocycles. The highest BCUT2D eigenvalue weighted by Crippen LogP contribution is 2.12. The lowest BCUT2D eigenvalue weighted by Crippen LogP contribution is -2.22. The zero-order valence-corrected chi connectivity index (χ0v) is 14.0. The second-order valence-corrected chi connectivity index (χ2v) is 5.90. The van der Waals surface area contributed by atoms with Gasteiger partial charge in [0.1, 0.15) is 0 Å². The van der Waals surface area contributed by atoms with Crippen molar-refractivity contribution in [3.63, 3.8) is 0 Å². The van der Waals surface area contributed by atoms with Crippen molar-refractivity contribution < 1.29 is 9.47 Å². The molecule has 1 N–H and O–H groups in total. The maximum atomic E-state index is 5.87. The first-order chi connectivity index (χ1) is 10.1. The molecule has 0 fully saturated rings. The Hall–Kier alpha value is -0.900. The van der Waals surface area contributed by atoms with Gasteiger partial charge in [-0.15, -0.1) is 0 Å². The maximum Gasteiger partial charge on any atom is 0.0785 e. The fraction of sp³-hybridized carbons (Fsp3) is 0.667. The second kappa shape index (κ2) is 10.8. The zero-order chi connectivity index (χ0) is 15.5. The molecular formula is C18H31NO2. The Morgan fingerprint density at radius 2 is 1.81 bits per heavy atom. The molecule has 1 atom stereocenters. The van der Waals surface area contributed by atoms with Crippen LogP contribution in [0.25, 0.3) is 0 Å². The molecule has 0 bridgehead atoms. The number of benzene rings is 1. The Morgan fingerprint density at radius 3 is 2.48 bits per heavy atom. The first-order valence-corrected chi connectivity index (χ1v) is 8.10. The van der Waals surface area contributed by atoms with E-state index in [2.05, 4.69) is 50.4 Å². The predicted octanol–water partition coefficient (Wildman–Crippen LogP) is 3.42. The molecule has 3 nitrogen and oxygen atoms in total. The van der Waals surface area contributed by atoms with Gasteiger partial charge >= 0.3 is 0 Å². The fourth-order valence-corrected chi connectivity index (χ4v) is 2.12. The van der Waals surface area contributed by atoms with Crippen molar-refractivity contribution >= 4 is 0 Å². The Morgan fingerprint density at radius 1 is 1.10 bits per heavy atom. The molecule has 1 aromatic rings. The Labute approximate surface area is 130 Å². The van der Waals surface area contributed by atoms with Crippen molar-refractivity contribution in [2.45, 2.75) is 46.8 Å². The lowest BCUT2D eigenvalue weighted by molar-refractivity contribution is -0.0118. The van der Waals surface area contributed by atoms with Crippen LogP contribution in [-0.4, -0.2) is 32.4 Å². The minimum Gasteiger partial charge on any atom is -0.379 e. The van der Waals surface area contributed by atoms with Gasteiger partial charge in [0.2, 0.25) is 0 Å². The third-order valence-electron chi connectivity index (χ3n) is 3.32.